The van der Waals surface area contributed by atoms with Crippen molar-refractivity contribution >= 4 is 35.0 Å². The van der Waals surface area contributed by atoms with Crippen molar-refractivity contribution < 1.29 is 23.9 Å². The number of fused-ring (bicyclic) bond motifs is 1. The summed E-state index contributed by atoms with van der Waals surface area (Å²) in [6.45, 7) is 5.83. The Balaban J connectivity index is 1.22. The molecule has 0 aromatic heterocycles. The topological polar surface area (TPSA) is 114 Å². The highest BCUT2D eigenvalue weighted by Gasteiger charge is 2.34. The Hall–Kier alpha value is -3.14. The second kappa shape index (κ2) is 11.7. The minimum atomic E-state index is -0.304. The van der Waals surface area contributed by atoms with Crippen LogP contribution in [0.2, 0.25) is 5.02 Å². The van der Waals surface area contributed by atoms with E-state index in [1.807, 2.05) is 6.92 Å². The van der Waals surface area contributed by atoms with Crippen molar-refractivity contribution in [2.75, 3.05) is 51.7 Å². The predicted molar refractivity (Wildman–Crippen MR) is 137 cm³/mol. The lowest BCUT2D eigenvalue weighted by Gasteiger charge is -2.33. The van der Waals surface area contributed by atoms with Crippen LogP contribution in [0, 0.1) is 0 Å². The monoisotopic (exact) mass is 514 g/mol. The number of ether oxygens (including phenoxy) is 2. The van der Waals surface area contributed by atoms with E-state index in [4.69, 9.17) is 26.8 Å². The van der Waals surface area contributed by atoms with E-state index in [9.17, 15) is 14.4 Å². The van der Waals surface area contributed by atoms with Crippen LogP contribution in [0.25, 0.3) is 0 Å². The van der Waals surface area contributed by atoms with Crippen molar-refractivity contribution in [1.82, 2.24) is 15.1 Å². The molecule has 2 heterocycles. The molecular weight excluding hydrogens is 484 g/mol. The van der Waals surface area contributed by atoms with Crippen LogP contribution in [0.3, 0.4) is 0 Å². The number of nitrogen functional groups attached to an aromatic ring is 1. The molecule has 36 heavy (non-hydrogen) atoms. The standard InChI is InChI=1S/C26H31ClN4O5/c1-2-35-23-14-22(28)21(27)13-20(23)24(32)29-15-17-16-30(11-12-36-17)9-5-6-10-31-25(33)18-7-3-4-8-19(18)26(31)34/h3-4,7-8,13-14,17H,2,5-6,9-12,15-16,28H2,1H3,(H,29,32). The van der Waals surface area contributed by atoms with Crippen molar-refractivity contribution in [1.29, 1.82) is 0 Å². The molecule has 0 radical (unpaired) electrons. The zero-order chi connectivity index (χ0) is 25.7. The molecule has 9 nitrogen and oxygen atoms in total. The number of carbonyl (C=O) groups is 3. The maximum atomic E-state index is 12.8. The van der Waals surface area contributed by atoms with E-state index in [2.05, 4.69) is 10.2 Å². The fraction of sp³-hybridized carbons (Fsp3) is 0.423. The van der Waals surface area contributed by atoms with Crippen molar-refractivity contribution in [3.8, 4) is 5.75 Å². The molecule has 1 saturated heterocycles. The quantitative estimate of drug-likeness (QED) is 0.284. The van der Waals surface area contributed by atoms with Gasteiger partial charge in [-0.15, -0.1) is 0 Å². The third kappa shape index (κ3) is 5.80. The van der Waals surface area contributed by atoms with E-state index in [0.717, 1.165) is 25.9 Å². The molecule has 1 unspecified atom stereocenters. The van der Waals surface area contributed by atoms with Gasteiger partial charge in [-0.1, -0.05) is 23.7 Å². The Kier molecular flexibility index (Phi) is 8.45. The van der Waals surface area contributed by atoms with E-state index in [-0.39, 0.29) is 23.8 Å². The highest BCUT2D eigenvalue weighted by atomic mass is 35.5. The minimum absolute atomic E-state index is 0.154. The number of unbranched alkanes of at least 4 members (excludes halogenated alkanes) is 1. The summed E-state index contributed by atoms with van der Waals surface area (Å²) in [5.74, 6) is -0.344. The molecule has 2 aromatic rings. The molecule has 0 saturated carbocycles. The highest BCUT2D eigenvalue weighted by molar-refractivity contribution is 6.33. The third-order valence-corrected chi connectivity index (χ3v) is 6.67. The van der Waals surface area contributed by atoms with Gasteiger partial charge in [-0.25, -0.2) is 0 Å². The third-order valence-electron chi connectivity index (χ3n) is 6.34. The summed E-state index contributed by atoms with van der Waals surface area (Å²) < 4.78 is 11.4. The number of carbonyl (C=O) groups excluding carboxylic acids is 3. The molecule has 1 atom stereocenters. The summed E-state index contributed by atoms with van der Waals surface area (Å²) in [6.07, 6.45) is 1.41. The van der Waals surface area contributed by atoms with Gasteiger partial charge in [0.05, 0.1) is 46.7 Å². The SMILES string of the molecule is CCOc1cc(N)c(Cl)cc1C(=O)NCC1CN(CCCCN2C(=O)c3ccccc3C2=O)CCO1. The Bertz CT molecular complexity index is 1110. The number of amides is 3. The Morgan fingerprint density at radius 2 is 1.86 bits per heavy atom. The summed E-state index contributed by atoms with van der Waals surface area (Å²) in [5, 5.41) is 3.20. The number of morpholine rings is 1. The van der Waals surface area contributed by atoms with E-state index < -0.39 is 0 Å². The number of nitrogens with two attached hydrogens (primary N) is 1. The van der Waals surface area contributed by atoms with Crippen LogP contribution in [0.4, 0.5) is 5.69 Å². The van der Waals surface area contributed by atoms with Crippen molar-refractivity contribution in [2.45, 2.75) is 25.9 Å². The second-order valence-electron chi connectivity index (χ2n) is 8.82. The summed E-state index contributed by atoms with van der Waals surface area (Å²) in [7, 11) is 0. The van der Waals surface area contributed by atoms with Crippen LogP contribution in [0.1, 0.15) is 50.8 Å². The van der Waals surface area contributed by atoms with Crippen LogP contribution < -0.4 is 15.8 Å². The van der Waals surface area contributed by atoms with Gasteiger partial charge in [0.1, 0.15) is 5.75 Å². The molecular formula is C26H31ClN4O5. The average Bonchev–Trinajstić information content (AvgIpc) is 3.12. The number of hydrogen-bond donors (Lipinski definition) is 2. The van der Waals surface area contributed by atoms with Crippen molar-refractivity contribution in [3.63, 3.8) is 0 Å². The number of imide groups is 1. The van der Waals surface area contributed by atoms with E-state index in [1.165, 1.54) is 11.0 Å². The van der Waals surface area contributed by atoms with Gasteiger partial charge in [-0.2, -0.15) is 0 Å². The Morgan fingerprint density at radius 3 is 2.56 bits per heavy atom. The van der Waals surface area contributed by atoms with Gasteiger partial charge in [0.25, 0.3) is 17.7 Å². The van der Waals surface area contributed by atoms with Crippen LogP contribution in [0.5, 0.6) is 5.75 Å². The summed E-state index contributed by atoms with van der Waals surface area (Å²) >= 11 is 6.11. The lowest BCUT2D eigenvalue weighted by atomic mass is 10.1. The van der Waals surface area contributed by atoms with Gasteiger partial charge in [0.15, 0.2) is 0 Å². The molecule has 0 aliphatic carbocycles. The first-order valence-electron chi connectivity index (χ1n) is 12.2. The van der Waals surface area contributed by atoms with Crippen LogP contribution >= 0.6 is 11.6 Å². The second-order valence-corrected chi connectivity index (χ2v) is 9.23. The molecule has 10 heteroatoms. The molecule has 0 spiro atoms. The first-order valence-corrected chi connectivity index (χ1v) is 12.6. The molecule has 2 aliphatic rings. The van der Waals surface area contributed by atoms with Crippen molar-refractivity contribution in [2.24, 2.45) is 0 Å². The molecule has 3 amide bonds. The summed E-state index contributed by atoms with van der Waals surface area (Å²) in [5.41, 5.74) is 7.49. The number of rotatable bonds is 10. The number of benzene rings is 2. The van der Waals surface area contributed by atoms with E-state index >= 15 is 0 Å². The molecule has 3 N–H and O–H groups in total. The minimum Gasteiger partial charge on any atom is -0.493 e. The van der Waals surface area contributed by atoms with Gasteiger partial charge >= 0.3 is 0 Å². The van der Waals surface area contributed by atoms with Gasteiger partial charge in [-0.05, 0) is 44.5 Å². The zero-order valence-electron chi connectivity index (χ0n) is 20.3. The maximum Gasteiger partial charge on any atom is 0.261 e. The Labute approximate surface area is 215 Å². The molecule has 2 aromatic carbocycles. The molecule has 2 aliphatic heterocycles. The first kappa shape index (κ1) is 25.9. The zero-order valence-corrected chi connectivity index (χ0v) is 21.1. The van der Waals surface area contributed by atoms with Gasteiger partial charge in [-0.3, -0.25) is 24.2 Å². The number of anilines is 1. The molecule has 192 valence electrons. The fourth-order valence-corrected chi connectivity index (χ4v) is 4.64. The van der Waals surface area contributed by atoms with Gasteiger partial charge < -0.3 is 20.5 Å². The number of hydrogen-bond acceptors (Lipinski definition) is 7. The largest absolute Gasteiger partial charge is 0.493 e. The first-order chi connectivity index (χ1) is 17.4. The molecule has 0 bridgehead atoms. The maximum absolute atomic E-state index is 12.8. The predicted octanol–water partition coefficient (Wildman–Crippen LogP) is 2.83. The Morgan fingerprint density at radius 1 is 1.17 bits per heavy atom. The van der Waals surface area contributed by atoms with Gasteiger partial charge in [0.2, 0.25) is 0 Å². The van der Waals surface area contributed by atoms with E-state index in [1.54, 1.807) is 30.3 Å². The fourth-order valence-electron chi connectivity index (χ4n) is 4.48. The number of nitrogens with one attached hydrogen (secondary N) is 1. The number of nitrogens with zero attached hydrogens (tertiary/aromatic N) is 2. The van der Waals surface area contributed by atoms with Crippen LogP contribution in [0.15, 0.2) is 36.4 Å². The van der Waals surface area contributed by atoms with Gasteiger partial charge in [0, 0.05) is 32.2 Å². The smallest absolute Gasteiger partial charge is 0.261 e. The van der Waals surface area contributed by atoms with Crippen LogP contribution in [-0.4, -0.2) is 79.6 Å². The lowest BCUT2D eigenvalue weighted by molar-refractivity contribution is -0.0268. The molecule has 4 rings (SSSR count). The average molecular weight is 515 g/mol. The lowest BCUT2D eigenvalue weighted by Crippen LogP contribution is -2.47. The summed E-state index contributed by atoms with van der Waals surface area (Å²) in [6, 6.07) is 10.0. The molecule has 1 fully saturated rings. The van der Waals surface area contributed by atoms with Crippen LogP contribution in [-0.2, 0) is 4.74 Å². The van der Waals surface area contributed by atoms with Crippen molar-refractivity contribution in [3.05, 3.63) is 58.1 Å². The number of halogens is 1. The normalized spacial score (nSPS) is 17.8. The summed E-state index contributed by atoms with van der Waals surface area (Å²) in [4.78, 5) is 41.4. The van der Waals surface area contributed by atoms with E-state index in [0.29, 0.717) is 66.0 Å². The highest BCUT2D eigenvalue weighted by Crippen LogP contribution is 2.29.